The van der Waals surface area contributed by atoms with Crippen LogP contribution in [0.15, 0.2) is 18.2 Å². The monoisotopic (exact) mass is 229 g/mol. The van der Waals surface area contributed by atoms with Crippen LogP contribution in [0.4, 0.5) is 5.69 Å². The molecule has 1 aromatic carbocycles. The van der Waals surface area contributed by atoms with Crippen molar-refractivity contribution in [2.45, 2.75) is 19.6 Å². The van der Waals surface area contributed by atoms with Crippen molar-refractivity contribution < 1.29 is 4.74 Å². The lowest BCUT2D eigenvalue weighted by atomic mass is 10.1. The van der Waals surface area contributed by atoms with Crippen LogP contribution in [0.25, 0.3) is 4.85 Å². The van der Waals surface area contributed by atoms with Gasteiger partial charge in [0.1, 0.15) is 13.8 Å². The van der Waals surface area contributed by atoms with Gasteiger partial charge < -0.3 is 4.74 Å². The summed E-state index contributed by atoms with van der Waals surface area (Å²) in [5.41, 5.74) is 4.52. The fourth-order valence-electron chi connectivity index (χ4n) is 1.16. The average molecular weight is 229 g/mol. The van der Waals surface area contributed by atoms with Crippen LogP contribution in [0.3, 0.4) is 0 Å². The highest BCUT2D eigenvalue weighted by Gasteiger charge is 2.10. The van der Waals surface area contributed by atoms with Crippen LogP contribution in [0, 0.1) is 18.0 Å². The molecule has 0 saturated carbocycles. The Balaban J connectivity index is 3.30. The van der Waals surface area contributed by atoms with Crippen molar-refractivity contribution in [2.75, 3.05) is 7.11 Å². The lowest BCUT2D eigenvalue weighted by molar-refractivity contribution is 0.414. The van der Waals surface area contributed by atoms with Gasteiger partial charge in [0, 0.05) is 0 Å². The van der Waals surface area contributed by atoms with E-state index in [0.29, 0.717) is 17.0 Å². The van der Waals surface area contributed by atoms with Crippen molar-refractivity contribution in [1.82, 2.24) is 0 Å². The van der Waals surface area contributed by atoms with Gasteiger partial charge in [-0.3, -0.25) is 0 Å². The molecule has 0 saturated heterocycles. The highest BCUT2D eigenvalue weighted by Crippen LogP contribution is 2.27. The summed E-state index contributed by atoms with van der Waals surface area (Å²) < 4.78 is 5.22. The SMILES string of the molecule is [C-]#[N+]c1cccc(OC)c1C#C[Si](C)(C)C. The summed E-state index contributed by atoms with van der Waals surface area (Å²) in [6.45, 7) is 13.6. The highest BCUT2D eigenvalue weighted by atomic mass is 28.3. The van der Waals surface area contributed by atoms with Gasteiger partial charge in [-0.15, -0.1) is 5.54 Å². The van der Waals surface area contributed by atoms with Crippen LogP contribution >= 0.6 is 0 Å². The van der Waals surface area contributed by atoms with E-state index in [9.17, 15) is 0 Å². The van der Waals surface area contributed by atoms with Crippen molar-refractivity contribution in [2.24, 2.45) is 0 Å². The lowest BCUT2D eigenvalue weighted by Crippen LogP contribution is -2.16. The number of nitrogens with zero attached hydrogens (tertiary/aromatic N) is 1. The fourth-order valence-corrected chi connectivity index (χ4v) is 1.66. The minimum atomic E-state index is -1.43. The van der Waals surface area contributed by atoms with Gasteiger partial charge in [0.2, 0.25) is 5.69 Å². The topological polar surface area (TPSA) is 13.6 Å². The predicted molar refractivity (Wildman–Crippen MR) is 69.5 cm³/mol. The van der Waals surface area contributed by atoms with Crippen LogP contribution in [0.1, 0.15) is 5.56 Å². The molecule has 0 fully saturated rings. The maximum atomic E-state index is 7.10. The predicted octanol–water partition coefficient (Wildman–Crippen LogP) is 3.47. The van der Waals surface area contributed by atoms with Gasteiger partial charge in [-0.2, -0.15) is 0 Å². The zero-order valence-electron chi connectivity index (χ0n) is 10.1. The van der Waals surface area contributed by atoms with Gasteiger partial charge in [-0.25, -0.2) is 4.85 Å². The number of methoxy groups -OCH3 is 1. The van der Waals surface area contributed by atoms with E-state index in [2.05, 4.69) is 36.0 Å². The summed E-state index contributed by atoms with van der Waals surface area (Å²) in [5, 5.41) is 0. The molecule has 0 bridgehead atoms. The van der Waals surface area contributed by atoms with E-state index in [-0.39, 0.29) is 0 Å². The van der Waals surface area contributed by atoms with E-state index in [1.807, 2.05) is 12.1 Å². The maximum Gasteiger partial charge on any atom is 0.206 e. The van der Waals surface area contributed by atoms with Gasteiger partial charge in [0.15, 0.2) is 0 Å². The largest absolute Gasteiger partial charge is 0.497 e. The van der Waals surface area contributed by atoms with Gasteiger partial charge in [0.05, 0.1) is 19.2 Å². The van der Waals surface area contributed by atoms with Gasteiger partial charge in [-0.05, 0) is 6.07 Å². The van der Waals surface area contributed by atoms with E-state index in [0.717, 1.165) is 0 Å². The minimum absolute atomic E-state index is 0.560. The molecule has 0 N–H and O–H groups in total. The molecular formula is C13H15NOSi. The molecule has 0 aromatic heterocycles. The molecule has 0 radical (unpaired) electrons. The summed E-state index contributed by atoms with van der Waals surface area (Å²) in [7, 11) is 0.169. The van der Waals surface area contributed by atoms with Crippen LogP contribution < -0.4 is 4.74 Å². The molecule has 3 heteroatoms. The van der Waals surface area contributed by atoms with Crippen molar-refractivity contribution in [3.8, 4) is 17.2 Å². The molecule has 1 aromatic rings. The Labute approximate surface area is 98.1 Å². The summed E-state index contributed by atoms with van der Waals surface area (Å²) in [5.74, 6) is 3.78. The number of hydrogen-bond acceptors (Lipinski definition) is 1. The molecule has 1 rings (SSSR count). The molecule has 0 aliphatic carbocycles. The molecule has 0 heterocycles. The van der Waals surface area contributed by atoms with Crippen molar-refractivity contribution in [3.05, 3.63) is 35.2 Å². The Hall–Kier alpha value is -1.71. The highest BCUT2D eigenvalue weighted by molar-refractivity contribution is 6.83. The van der Waals surface area contributed by atoms with Crippen molar-refractivity contribution >= 4 is 13.8 Å². The lowest BCUT2D eigenvalue weighted by Gasteiger charge is -2.07. The summed E-state index contributed by atoms with van der Waals surface area (Å²) in [4.78, 5) is 3.46. The fraction of sp³-hybridized carbons (Fsp3) is 0.308. The van der Waals surface area contributed by atoms with Crippen molar-refractivity contribution in [1.29, 1.82) is 0 Å². The summed E-state index contributed by atoms with van der Waals surface area (Å²) in [6, 6.07) is 5.42. The molecule has 0 atom stereocenters. The number of ether oxygens (including phenoxy) is 1. The molecule has 0 unspecified atom stereocenters. The smallest absolute Gasteiger partial charge is 0.206 e. The van der Waals surface area contributed by atoms with E-state index in [1.54, 1.807) is 13.2 Å². The van der Waals surface area contributed by atoms with Crippen LogP contribution in [0.5, 0.6) is 5.75 Å². The first-order valence-corrected chi connectivity index (χ1v) is 8.55. The first kappa shape index (κ1) is 12.4. The second kappa shape index (κ2) is 4.87. The van der Waals surface area contributed by atoms with Crippen molar-refractivity contribution in [3.63, 3.8) is 0 Å². The van der Waals surface area contributed by atoms with Crippen LogP contribution in [-0.2, 0) is 0 Å². The first-order valence-electron chi connectivity index (χ1n) is 5.05. The molecule has 0 aliphatic heterocycles. The third-order valence-electron chi connectivity index (χ3n) is 1.91. The molecular weight excluding hydrogens is 214 g/mol. The third kappa shape index (κ3) is 3.15. The van der Waals surface area contributed by atoms with E-state index < -0.39 is 8.07 Å². The summed E-state index contributed by atoms with van der Waals surface area (Å²) in [6.07, 6.45) is 0. The Morgan fingerprint density at radius 1 is 1.31 bits per heavy atom. The standard InChI is InChI=1S/C13H15NOSi/c1-14-12-7-6-8-13(15-2)11(12)9-10-16(3,4)5/h6-8H,2-5H3. The van der Waals surface area contributed by atoms with Gasteiger partial charge in [0.25, 0.3) is 0 Å². The Morgan fingerprint density at radius 2 is 2.00 bits per heavy atom. The normalized spacial score (nSPS) is 9.94. The Bertz CT molecular complexity index is 483. The zero-order chi connectivity index (χ0) is 12.2. The van der Waals surface area contributed by atoms with Gasteiger partial charge in [-0.1, -0.05) is 37.7 Å². The number of benzene rings is 1. The molecule has 82 valence electrons. The molecule has 16 heavy (non-hydrogen) atoms. The van der Waals surface area contributed by atoms with Gasteiger partial charge >= 0.3 is 0 Å². The molecule has 2 nitrogen and oxygen atoms in total. The number of hydrogen-bond donors (Lipinski definition) is 0. The first-order chi connectivity index (χ1) is 7.48. The van der Waals surface area contributed by atoms with E-state index in [4.69, 9.17) is 11.3 Å². The molecule has 0 amide bonds. The molecule has 0 aliphatic rings. The third-order valence-corrected chi connectivity index (χ3v) is 2.78. The minimum Gasteiger partial charge on any atom is -0.497 e. The number of rotatable bonds is 1. The van der Waals surface area contributed by atoms with E-state index in [1.165, 1.54) is 0 Å². The second-order valence-corrected chi connectivity index (χ2v) is 9.22. The summed E-state index contributed by atoms with van der Waals surface area (Å²) >= 11 is 0. The zero-order valence-corrected chi connectivity index (χ0v) is 11.1. The Kier molecular flexibility index (Phi) is 3.76. The van der Waals surface area contributed by atoms with Crippen LogP contribution in [-0.4, -0.2) is 15.2 Å². The second-order valence-electron chi connectivity index (χ2n) is 4.47. The quantitative estimate of drug-likeness (QED) is 0.408. The average Bonchev–Trinajstić information content (AvgIpc) is 2.24. The Morgan fingerprint density at radius 3 is 2.50 bits per heavy atom. The van der Waals surface area contributed by atoms with E-state index >= 15 is 0 Å². The van der Waals surface area contributed by atoms with Crippen LogP contribution in [0.2, 0.25) is 19.6 Å². The maximum absolute atomic E-state index is 7.10. The molecule has 0 spiro atoms.